The van der Waals surface area contributed by atoms with Gasteiger partial charge in [0.15, 0.2) is 0 Å². The molecule has 2 heteroatoms. The van der Waals surface area contributed by atoms with Gasteiger partial charge in [0, 0.05) is 24.0 Å². The summed E-state index contributed by atoms with van der Waals surface area (Å²) in [4.78, 5) is 0. The molecule has 1 N–H and O–H groups in total. The Hall–Kier alpha value is -0.760. The van der Waals surface area contributed by atoms with Crippen LogP contribution in [0.25, 0.3) is 0 Å². The summed E-state index contributed by atoms with van der Waals surface area (Å²) in [6.07, 6.45) is 6.61. The SMILES string of the molecule is CC1(C)Cc2c(ccn2CC2(C)CC2)C(O)C1. The number of aliphatic hydroxyl groups is 1. The minimum absolute atomic E-state index is 0.229. The van der Waals surface area contributed by atoms with E-state index in [1.165, 1.54) is 24.1 Å². The zero-order valence-corrected chi connectivity index (χ0v) is 11.2. The molecule has 94 valence electrons. The second kappa shape index (κ2) is 3.38. The maximum Gasteiger partial charge on any atom is 0.0812 e. The summed E-state index contributed by atoms with van der Waals surface area (Å²) in [6.45, 7) is 8.01. The minimum atomic E-state index is -0.262. The molecule has 1 aromatic rings. The van der Waals surface area contributed by atoms with Gasteiger partial charge < -0.3 is 9.67 Å². The van der Waals surface area contributed by atoms with Gasteiger partial charge in [-0.2, -0.15) is 0 Å². The van der Waals surface area contributed by atoms with Gasteiger partial charge in [-0.15, -0.1) is 0 Å². The number of fused-ring (bicyclic) bond motifs is 1. The lowest BCUT2D eigenvalue weighted by molar-refractivity contribution is 0.0976. The number of hydrogen-bond donors (Lipinski definition) is 1. The van der Waals surface area contributed by atoms with E-state index in [0.29, 0.717) is 5.41 Å². The standard InChI is InChI=1S/C15H23NO/c1-14(2)8-12-11(13(17)9-14)4-7-16(12)10-15(3)5-6-15/h4,7,13,17H,5-6,8-10H2,1-3H3. The number of nitrogens with zero attached hydrogens (tertiary/aromatic N) is 1. The summed E-state index contributed by atoms with van der Waals surface area (Å²) >= 11 is 0. The Bertz CT molecular complexity index is 440. The summed E-state index contributed by atoms with van der Waals surface area (Å²) in [6, 6.07) is 2.13. The van der Waals surface area contributed by atoms with Crippen molar-refractivity contribution in [1.82, 2.24) is 4.57 Å². The third-order valence-corrected chi connectivity index (χ3v) is 4.52. The van der Waals surface area contributed by atoms with Crippen LogP contribution in [0.3, 0.4) is 0 Å². The van der Waals surface area contributed by atoms with Crippen molar-refractivity contribution in [3.05, 3.63) is 23.5 Å². The Morgan fingerprint density at radius 2 is 2.06 bits per heavy atom. The van der Waals surface area contributed by atoms with E-state index in [0.717, 1.165) is 19.4 Å². The molecule has 0 saturated heterocycles. The van der Waals surface area contributed by atoms with Crippen LogP contribution in [-0.2, 0) is 13.0 Å². The molecule has 17 heavy (non-hydrogen) atoms. The number of hydrogen-bond acceptors (Lipinski definition) is 1. The van der Waals surface area contributed by atoms with E-state index in [4.69, 9.17) is 0 Å². The molecule has 0 radical (unpaired) electrons. The topological polar surface area (TPSA) is 25.2 Å². The van der Waals surface area contributed by atoms with Crippen LogP contribution in [0.4, 0.5) is 0 Å². The fourth-order valence-corrected chi connectivity index (χ4v) is 3.12. The van der Waals surface area contributed by atoms with Crippen LogP contribution >= 0.6 is 0 Å². The number of aliphatic hydroxyl groups excluding tert-OH is 1. The van der Waals surface area contributed by atoms with Crippen molar-refractivity contribution in [3.63, 3.8) is 0 Å². The van der Waals surface area contributed by atoms with E-state index in [2.05, 4.69) is 37.6 Å². The molecule has 2 nitrogen and oxygen atoms in total. The molecular weight excluding hydrogens is 210 g/mol. The zero-order valence-electron chi connectivity index (χ0n) is 11.2. The van der Waals surface area contributed by atoms with Crippen LogP contribution in [0.2, 0.25) is 0 Å². The highest BCUT2D eigenvalue weighted by Crippen LogP contribution is 2.48. The lowest BCUT2D eigenvalue weighted by Crippen LogP contribution is -2.27. The molecule has 0 aromatic carbocycles. The molecule has 1 aromatic heterocycles. The first-order chi connectivity index (χ1) is 7.89. The molecule has 1 fully saturated rings. The van der Waals surface area contributed by atoms with Crippen molar-refractivity contribution in [2.24, 2.45) is 10.8 Å². The van der Waals surface area contributed by atoms with Gasteiger partial charge in [0.05, 0.1) is 6.10 Å². The highest BCUT2D eigenvalue weighted by Gasteiger charge is 2.39. The van der Waals surface area contributed by atoms with E-state index in [9.17, 15) is 5.11 Å². The molecule has 2 aliphatic carbocycles. The third kappa shape index (κ3) is 2.03. The molecule has 1 heterocycles. The highest BCUT2D eigenvalue weighted by atomic mass is 16.3. The van der Waals surface area contributed by atoms with Gasteiger partial charge in [-0.1, -0.05) is 20.8 Å². The van der Waals surface area contributed by atoms with Crippen molar-refractivity contribution in [2.45, 2.75) is 59.1 Å². The predicted octanol–water partition coefficient (Wildman–Crippen LogP) is 3.29. The first-order valence-corrected chi connectivity index (χ1v) is 6.75. The predicted molar refractivity (Wildman–Crippen MR) is 68.8 cm³/mol. The van der Waals surface area contributed by atoms with Gasteiger partial charge in [0.2, 0.25) is 0 Å². The minimum Gasteiger partial charge on any atom is -0.388 e. The van der Waals surface area contributed by atoms with Crippen molar-refractivity contribution in [2.75, 3.05) is 0 Å². The lowest BCUT2D eigenvalue weighted by Gasteiger charge is -2.34. The van der Waals surface area contributed by atoms with E-state index in [1.54, 1.807) is 0 Å². The maximum absolute atomic E-state index is 10.2. The Morgan fingerprint density at radius 1 is 1.35 bits per heavy atom. The van der Waals surface area contributed by atoms with Crippen LogP contribution in [0.1, 0.15) is 57.4 Å². The van der Waals surface area contributed by atoms with Gasteiger partial charge in [0.25, 0.3) is 0 Å². The lowest BCUT2D eigenvalue weighted by atomic mass is 9.75. The normalized spacial score (nSPS) is 28.8. The second-order valence-electron chi connectivity index (χ2n) is 7.22. The van der Waals surface area contributed by atoms with Gasteiger partial charge in [-0.25, -0.2) is 0 Å². The van der Waals surface area contributed by atoms with Crippen LogP contribution in [0.5, 0.6) is 0 Å². The van der Waals surface area contributed by atoms with E-state index in [-0.39, 0.29) is 11.5 Å². The molecule has 0 bridgehead atoms. The summed E-state index contributed by atoms with van der Waals surface area (Å²) in [5.41, 5.74) is 3.31. The fraction of sp³-hybridized carbons (Fsp3) is 0.733. The van der Waals surface area contributed by atoms with Crippen LogP contribution < -0.4 is 0 Å². The summed E-state index contributed by atoms with van der Waals surface area (Å²) < 4.78 is 2.40. The summed E-state index contributed by atoms with van der Waals surface area (Å²) in [5, 5.41) is 10.2. The molecule has 0 aliphatic heterocycles. The van der Waals surface area contributed by atoms with Crippen LogP contribution in [-0.4, -0.2) is 9.67 Å². The largest absolute Gasteiger partial charge is 0.388 e. The number of aromatic nitrogens is 1. The zero-order chi connectivity index (χ0) is 12.3. The summed E-state index contributed by atoms with van der Waals surface area (Å²) in [7, 11) is 0. The Labute approximate surface area is 104 Å². The van der Waals surface area contributed by atoms with E-state index >= 15 is 0 Å². The molecule has 0 spiro atoms. The molecule has 1 saturated carbocycles. The Balaban J connectivity index is 1.93. The number of rotatable bonds is 2. The monoisotopic (exact) mass is 233 g/mol. The molecule has 1 atom stereocenters. The average molecular weight is 233 g/mol. The quantitative estimate of drug-likeness (QED) is 0.833. The first-order valence-electron chi connectivity index (χ1n) is 6.75. The first kappa shape index (κ1) is 11.3. The van der Waals surface area contributed by atoms with Gasteiger partial charge in [0.1, 0.15) is 0 Å². The average Bonchev–Trinajstić information content (AvgIpc) is 2.78. The fourth-order valence-electron chi connectivity index (χ4n) is 3.12. The van der Waals surface area contributed by atoms with Crippen molar-refractivity contribution >= 4 is 0 Å². The summed E-state index contributed by atoms with van der Waals surface area (Å²) in [5.74, 6) is 0. The smallest absolute Gasteiger partial charge is 0.0812 e. The Kier molecular flexibility index (Phi) is 2.25. The van der Waals surface area contributed by atoms with Crippen LogP contribution in [0, 0.1) is 10.8 Å². The van der Waals surface area contributed by atoms with Crippen molar-refractivity contribution in [1.29, 1.82) is 0 Å². The molecule has 1 unspecified atom stereocenters. The highest BCUT2D eigenvalue weighted by molar-refractivity contribution is 5.29. The third-order valence-electron chi connectivity index (χ3n) is 4.52. The van der Waals surface area contributed by atoms with E-state index < -0.39 is 0 Å². The Morgan fingerprint density at radius 3 is 2.71 bits per heavy atom. The molecule has 3 rings (SSSR count). The molecule has 2 aliphatic rings. The van der Waals surface area contributed by atoms with Crippen molar-refractivity contribution in [3.8, 4) is 0 Å². The maximum atomic E-state index is 10.2. The van der Waals surface area contributed by atoms with Gasteiger partial charge in [-0.05, 0) is 42.6 Å². The van der Waals surface area contributed by atoms with Crippen LogP contribution in [0.15, 0.2) is 12.3 Å². The van der Waals surface area contributed by atoms with E-state index in [1.807, 2.05) is 0 Å². The second-order valence-corrected chi connectivity index (χ2v) is 7.22. The molecule has 0 amide bonds. The van der Waals surface area contributed by atoms with Crippen molar-refractivity contribution < 1.29 is 5.11 Å². The van der Waals surface area contributed by atoms with Gasteiger partial charge >= 0.3 is 0 Å². The molecular formula is C15H23NO. The van der Waals surface area contributed by atoms with Gasteiger partial charge in [-0.3, -0.25) is 0 Å².